The Labute approximate surface area is 165 Å². The van der Waals surface area contributed by atoms with Crippen molar-refractivity contribution in [3.63, 3.8) is 0 Å². The minimum absolute atomic E-state index is 0. The quantitative estimate of drug-likeness (QED) is 0.623. The number of hydrogen-bond acceptors (Lipinski definition) is 4. The number of carbonyl (C=O) groups is 2. The maximum absolute atomic E-state index is 12.0. The van der Waals surface area contributed by atoms with E-state index in [0.717, 1.165) is 32.4 Å². The third kappa shape index (κ3) is 7.81. The molecule has 1 aromatic carbocycles. The Morgan fingerprint density at radius 1 is 1.23 bits per heavy atom. The van der Waals surface area contributed by atoms with E-state index >= 15 is 0 Å². The summed E-state index contributed by atoms with van der Waals surface area (Å²) in [7, 11) is 1.53. The van der Waals surface area contributed by atoms with Crippen LogP contribution in [0.25, 0.3) is 0 Å². The first-order chi connectivity index (χ1) is 12.1. The first-order valence-corrected chi connectivity index (χ1v) is 9.07. The van der Waals surface area contributed by atoms with Gasteiger partial charge in [-0.25, -0.2) is 0 Å². The summed E-state index contributed by atoms with van der Waals surface area (Å²) in [5, 5.41) is 9.39. The molecule has 0 saturated carbocycles. The molecule has 146 valence electrons. The van der Waals surface area contributed by atoms with E-state index in [4.69, 9.17) is 16.3 Å². The standard InChI is InChI=1S/C18H26ClN3O3.ClH/c1-25-16-4-3-14(19)12-15(16)22-18(24)8-11-21-17(23)5-2-13-6-9-20-10-7-13;/h3-4,12-13,20H,2,5-11H2,1H3,(H,21,23)(H,22,24);1H. The Kier molecular flexibility index (Phi) is 10.4. The Morgan fingerprint density at radius 3 is 2.65 bits per heavy atom. The topological polar surface area (TPSA) is 79.5 Å². The predicted molar refractivity (Wildman–Crippen MR) is 106 cm³/mol. The van der Waals surface area contributed by atoms with Crippen molar-refractivity contribution < 1.29 is 14.3 Å². The second-order valence-electron chi connectivity index (χ2n) is 6.22. The molecule has 1 aromatic rings. The third-order valence-electron chi connectivity index (χ3n) is 4.35. The zero-order chi connectivity index (χ0) is 18.1. The number of rotatable bonds is 8. The summed E-state index contributed by atoms with van der Waals surface area (Å²) in [5.74, 6) is 0.986. The lowest BCUT2D eigenvalue weighted by Gasteiger charge is -2.22. The molecule has 1 heterocycles. The number of halogens is 2. The summed E-state index contributed by atoms with van der Waals surface area (Å²) in [4.78, 5) is 23.9. The normalized spacial score (nSPS) is 14.2. The van der Waals surface area contributed by atoms with Crippen LogP contribution in [0.1, 0.15) is 32.1 Å². The van der Waals surface area contributed by atoms with Crippen molar-refractivity contribution in [3.8, 4) is 5.75 Å². The van der Waals surface area contributed by atoms with Gasteiger partial charge in [0.15, 0.2) is 0 Å². The second kappa shape index (κ2) is 12.0. The van der Waals surface area contributed by atoms with Gasteiger partial charge in [0.25, 0.3) is 0 Å². The molecule has 6 nitrogen and oxygen atoms in total. The van der Waals surface area contributed by atoms with Crippen molar-refractivity contribution in [1.82, 2.24) is 10.6 Å². The molecule has 0 unspecified atom stereocenters. The molecule has 1 aliphatic rings. The highest BCUT2D eigenvalue weighted by Gasteiger charge is 2.14. The Hall–Kier alpha value is -1.50. The van der Waals surface area contributed by atoms with Gasteiger partial charge in [-0.05, 0) is 56.5 Å². The third-order valence-corrected chi connectivity index (χ3v) is 4.58. The van der Waals surface area contributed by atoms with Gasteiger partial charge in [0, 0.05) is 24.4 Å². The van der Waals surface area contributed by atoms with E-state index in [1.807, 2.05) is 0 Å². The van der Waals surface area contributed by atoms with Crippen LogP contribution in [0, 0.1) is 5.92 Å². The van der Waals surface area contributed by atoms with Gasteiger partial charge in [-0.15, -0.1) is 12.4 Å². The summed E-state index contributed by atoms with van der Waals surface area (Å²) >= 11 is 5.93. The molecule has 3 N–H and O–H groups in total. The summed E-state index contributed by atoms with van der Waals surface area (Å²) in [6.07, 6.45) is 3.91. The van der Waals surface area contributed by atoms with Gasteiger partial charge >= 0.3 is 0 Å². The first-order valence-electron chi connectivity index (χ1n) is 8.69. The minimum atomic E-state index is -0.195. The van der Waals surface area contributed by atoms with Crippen molar-refractivity contribution in [1.29, 1.82) is 0 Å². The van der Waals surface area contributed by atoms with E-state index in [-0.39, 0.29) is 30.6 Å². The number of anilines is 1. The monoisotopic (exact) mass is 403 g/mol. The molecule has 1 aliphatic heterocycles. The molecule has 2 amide bonds. The highest BCUT2D eigenvalue weighted by molar-refractivity contribution is 6.31. The zero-order valence-corrected chi connectivity index (χ0v) is 16.5. The number of methoxy groups -OCH3 is 1. The molecular formula is C18H27Cl2N3O3. The van der Waals surface area contributed by atoms with Gasteiger partial charge < -0.3 is 20.7 Å². The van der Waals surface area contributed by atoms with Crippen LogP contribution < -0.4 is 20.7 Å². The molecule has 0 aliphatic carbocycles. The SMILES string of the molecule is COc1ccc(Cl)cc1NC(=O)CCNC(=O)CCC1CCNCC1.Cl. The molecule has 0 spiro atoms. The average Bonchev–Trinajstić information content (AvgIpc) is 2.61. The van der Waals surface area contributed by atoms with Gasteiger partial charge in [0.1, 0.15) is 5.75 Å². The van der Waals surface area contributed by atoms with E-state index in [1.165, 1.54) is 7.11 Å². The molecule has 8 heteroatoms. The zero-order valence-electron chi connectivity index (χ0n) is 15.0. The summed E-state index contributed by atoms with van der Waals surface area (Å²) < 4.78 is 5.19. The molecule has 0 aromatic heterocycles. The number of nitrogens with one attached hydrogen (secondary N) is 3. The van der Waals surface area contributed by atoms with Crippen LogP contribution in [-0.4, -0.2) is 38.6 Å². The lowest BCUT2D eigenvalue weighted by Crippen LogP contribution is -2.30. The van der Waals surface area contributed by atoms with E-state index in [0.29, 0.717) is 35.3 Å². The highest BCUT2D eigenvalue weighted by atomic mass is 35.5. The molecule has 2 rings (SSSR count). The Bertz CT molecular complexity index is 593. The van der Waals surface area contributed by atoms with Crippen molar-refractivity contribution in [2.75, 3.05) is 32.1 Å². The average molecular weight is 404 g/mol. The molecule has 1 fully saturated rings. The molecule has 26 heavy (non-hydrogen) atoms. The highest BCUT2D eigenvalue weighted by Crippen LogP contribution is 2.27. The maximum Gasteiger partial charge on any atom is 0.226 e. The van der Waals surface area contributed by atoms with Crippen molar-refractivity contribution in [2.45, 2.75) is 32.1 Å². The smallest absolute Gasteiger partial charge is 0.226 e. The van der Waals surface area contributed by atoms with E-state index in [2.05, 4.69) is 16.0 Å². The van der Waals surface area contributed by atoms with Gasteiger partial charge in [-0.1, -0.05) is 11.6 Å². The largest absolute Gasteiger partial charge is 0.495 e. The van der Waals surface area contributed by atoms with Crippen molar-refractivity contribution in [2.24, 2.45) is 5.92 Å². The Balaban J connectivity index is 0.00000338. The minimum Gasteiger partial charge on any atom is -0.495 e. The van der Waals surface area contributed by atoms with Crippen LogP contribution in [0.3, 0.4) is 0 Å². The molecule has 1 saturated heterocycles. The van der Waals surface area contributed by atoms with Crippen LogP contribution in [0.2, 0.25) is 5.02 Å². The molecular weight excluding hydrogens is 377 g/mol. The lowest BCUT2D eigenvalue weighted by molar-refractivity contribution is -0.121. The first kappa shape index (κ1) is 22.5. The fourth-order valence-corrected chi connectivity index (χ4v) is 3.07. The van der Waals surface area contributed by atoms with Crippen LogP contribution in [0.4, 0.5) is 5.69 Å². The Morgan fingerprint density at radius 2 is 1.96 bits per heavy atom. The van der Waals surface area contributed by atoms with Crippen LogP contribution in [0.15, 0.2) is 18.2 Å². The van der Waals surface area contributed by atoms with Crippen LogP contribution in [-0.2, 0) is 9.59 Å². The number of ether oxygens (including phenoxy) is 1. The molecule has 0 radical (unpaired) electrons. The van der Waals surface area contributed by atoms with Crippen molar-refractivity contribution >= 4 is 41.5 Å². The number of carbonyl (C=O) groups excluding carboxylic acids is 2. The fourth-order valence-electron chi connectivity index (χ4n) is 2.90. The van der Waals surface area contributed by atoms with Gasteiger partial charge in [-0.2, -0.15) is 0 Å². The van der Waals surface area contributed by atoms with E-state index in [9.17, 15) is 9.59 Å². The number of amides is 2. The molecule has 0 bridgehead atoms. The van der Waals surface area contributed by atoms with Gasteiger partial charge in [0.2, 0.25) is 11.8 Å². The summed E-state index contributed by atoms with van der Waals surface area (Å²) in [6, 6.07) is 5.02. The van der Waals surface area contributed by atoms with E-state index < -0.39 is 0 Å². The summed E-state index contributed by atoms with van der Waals surface area (Å²) in [5.41, 5.74) is 0.525. The van der Waals surface area contributed by atoms with Crippen molar-refractivity contribution in [3.05, 3.63) is 23.2 Å². The number of benzene rings is 1. The van der Waals surface area contributed by atoms with Crippen LogP contribution in [0.5, 0.6) is 5.75 Å². The predicted octanol–water partition coefficient (Wildman–Crippen LogP) is 3.00. The second-order valence-corrected chi connectivity index (χ2v) is 6.66. The summed E-state index contributed by atoms with van der Waals surface area (Å²) in [6.45, 7) is 2.40. The number of piperidine rings is 1. The van der Waals surface area contributed by atoms with E-state index in [1.54, 1.807) is 18.2 Å². The maximum atomic E-state index is 12.0. The van der Waals surface area contributed by atoms with Crippen LogP contribution >= 0.6 is 24.0 Å². The number of hydrogen-bond donors (Lipinski definition) is 3. The fraction of sp³-hybridized carbons (Fsp3) is 0.556. The van der Waals surface area contributed by atoms with Gasteiger partial charge in [0.05, 0.1) is 12.8 Å². The molecule has 0 atom stereocenters. The van der Waals surface area contributed by atoms with Gasteiger partial charge in [-0.3, -0.25) is 9.59 Å². The lowest BCUT2D eigenvalue weighted by atomic mass is 9.93.